The number of benzene rings is 2. The molecule has 0 heterocycles. The van der Waals surface area contributed by atoms with Crippen LogP contribution < -0.4 is 0 Å². The first kappa shape index (κ1) is 19.2. The van der Waals surface area contributed by atoms with Gasteiger partial charge in [-0.3, -0.25) is 0 Å². The Labute approximate surface area is 151 Å². The van der Waals surface area contributed by atoms with Gasteiger partial charge in [-0.15, -0.1) is 0 Å². The van der Waals surface area contributed by atoms with Crippen molar-refractivity contribution >= 4 is 12.0 Å². The second-order valence-corrected chi connectivity index (χ2v) is 7.57. The number of alkyl halides is 1. The molecule has 0 aliphatic carbocycles. The van der Waals surface area contributed by atoms with E-state index in [4.69, 9.17) is 0 Å². The first-order valence-corrected chi connectivity index (χ1v) is 8.81. The van der Waals surface area contributed by atoms with Crippen LogP contribution in [0.3, 0.4) is 0 Å². The highest BCUT2D eigenvalue weighted by atomic mass is 19.1. The molecule has 0 aromatic heterocycles. The van der Waals surface area contributed by atoms with Crippen molar-refractivity contribution < 1.29 is 4.39 Å². The summed E-state index contributed by atoms with van der Waals surface area (Å²) in [5, 5.41) is 0. The summed E-state index contributed by atoms with van der Waals surface area (Å²) in [6.07, 6.45) is 1.79. The Bertz CT molecular complexity index is 740. The van der Waals surface area contributed by atoms with E-state index in [1.807, 2.05) is 31.0 Å². The van der Waals surface area contributed by atoms with Crippen molar-refractivity contribution in [1.82, 2.24) is 4.90 Å². The minimum atomic E-state index is -0.497. The lowest BCUT2D eigenvalue weighted by Gasteiger charge is -2.19. The summed E-state index contributed by atoms with van der Waals surface area (Å²) >= 11 is 0. The van der Waals surface area contributed by atoms with E-state index in [1.54, 1.807) is 6.34 Å². The lowest BCUT2D eigenvalue weighted by atomic mass is 9.86. The highest BCUT2D eigenvalue weighted by Gasteiger charge is 2.14. The van der Waals surface area contributed by atoms with Crippen LogP contribution >= 0.6 is 0 Å². The normalized spacial score (nSPS) is 12.0. The molecule has 25 heavy (non-hydrogen) atoms. The lowest BCUT2D eigenvalue weighted by Crippen LogP contribution is -2.14. The van der Waals surface area contributed by atoms with Crippen LogP contribution in [-0.2, 0) is 12.1 Å². The van der Waals surface area contributed by atoms with Gasteiger partial charge in [-0.2, -0.15) is 0 Å². The van der Waals surface area contributed by atoms with E-state index in [9.17, 15) is 4.39 Å². The predicted molar refractivity (Wildman–Crippen MR) is 107 cm³/mol. The van der Waals surface area contributed by atoms with E-state index < -0.39 is 6.67 Å². The minimum Gasteiger partial charge on any atom is -0.366 e. The molecule has 0 saturated carbocycles. The van der Waals surface area contributed by atoms with Crippen molar-refractivity contribution in [3.05, 3.63) is 53.1 Å². The van der Waals surface area contributed by atoms with Gasteiger partial charge in [0.15, 0.2) is 0 Å². The second-order valence-electron chi connectivity index (χ2n) is 7.57. The fourth-order valence-corrected chi connectivity index (χ4v) is 2.65. The van der Waals surface area contributed by atoms with Crippen LogP contribution in [0.1, 0.15) is 44.4 Å². The summed E-state index contributed by atoms with van der Waals surface area (Å²) in [5.41, 5.74) is 5.93. The summed E-state index contributed by atoms with van der Waals surface area (Å²) in [6.45, 7) is 11.1. The number of aryl methyl sites for hydroxylation is 1. The van der Waals surface area contributed by atoms with E-state index >= 15 is 0 Å². The Kier molecular flexibility index (Phi) is 5.99. The zero-order valence-corrected chi connectivity index (χ0v) is 16.2. The second kappa shape index (κ2) is 7.81. The maximum atomic E-state index is 13.7. The van der Waals surface area contributed by atoms with Gasteiger partial charge in [-0.05, 0) is 59.2 Å². The van der Waals surface area contributed by atoms with E-state index in [2.05, 4.69) is 57.0 Å². The van der Waals surface area contributed by atoms with E-state index in [0.717, 1.165) is 28.9 Å². The SMILES string of the molecule is CCN(C)/C=N/c1cc(CF)c(-c2ccc(C(C)(C)C)cc2)cc1C. The standard InChI is InChI=1S/C22H29FN2/c1-7-25(6)15-24-21-13-18(14-23)20(12-16(21)2)17-8-10-19(11-9-17)22(3,4)5/h8-13,15H,7,14H2,1-6H3/b24-15+. The van der Waals surface area contributed by atoms with Gasteiger partial charge in [0.1, 0.15) is 6.67 Å². The van der Waals surface area contributed by atoms with E-state index in [1.165, 1.54) is 5.56 Å². The molecule has 0 aliphatic rings. The molecular formula is C22H29FN2. The van der Waals surface area contributed by atoms with Gasteiger partial charge in [-0.1, -0.05) is 45.0 Å². The molecule has 0 atom stereocenters. The Morgan fingerprint density at radius 3 is 2.28 bits per heavy atom. The highest BCUT2D eigenvalue weighted by Crippen LogP contribution is 2.33. The average Bonchev–Trinajstić information content (AvgIpc) is 2.59. The number of rotatable bonds is 5. The third kappa shape index (κ3) is 4.68. The molecule has 0 spiro atoms. The maximum absolute atomic E-state index is 13.7. The quantitative estimate of drug-likeness (QED) is 0.478. The summed E-state index contributed by atoms with van der Waals surface area (Å²) in [7, 11) is 1.97. The summed E-state index contributed by atoms with van der Waals surface area (Å²) < 4.78 is 13.7. The fraction of sp³-hybridized carbons (Fsp3) is 0.409. The number of nitrogens with zero attached hydrogens (tertiary/aromatic N) is 2. The smallest absolute Gasteiger partial charge is 0.115 e. The molecule has 0 radical (unpaired) electrons. The van der Waals surface area contributed by atoms with Crippen molar-refractivity contribution in [2.24, 2.45) is 4.99 Å². The average molecular weight is 340 g/mol. The molecule has 0 amide bonds. The van der Waals surface area contributed by atoms with Gasteiger partial charge in [-0.25, -0.2) is 9.38 Å². The van der Waals surface area contributed by atoms with Gasteiger partial charge >= 0.3 is 0 Å². The summed E-state index contributed by atoms with van der Waals surface area (Å²) in [6, 6.07) is 12.3. The van der Waals surface area contributed by atoms with Crippen molar-refractivity contribution in [3.8, 4) is 11.1 Å². The highest BCUT2D eigenvalue weighted by molar-refractivity contribution is 5.73. The van der Waals surface area contributed by atoms with Crippen molar-refractivity contribution in [1.29, 1.82) is 0 Å². The number of halogens is 1. The molecule has 0 bridgehead atoms. The van der Waals surface area contributed by atoms with E-state index in [0.29, 0.717) is 5.56 Å². The number of hydrogen-bond donors (Lipinski definition) is 0. The topological polar surface area (TPSA) is 15.6 Å². The zero-order chi connectivity index (χ0) is 18.6. The van der Waals surface area contributed by atoms with Crippen LogP contribution in [0.2, 0.25) is 0 Å². The Morgan fingerprint density at radius 1 is 1.12 bits per heavy atom. The van der Waals surface area contributed by atoms with Gasteiger partial charge < -0.3 is 4.90 Å². The first-order chi connectivity index (χ1) is 11.8. The van der Waals surface area contributed by atoms with Crippen LogP contribution in [0.5, 0.6) is 0 Å². The van der Waals surface area contributed by atoms with Gasteiger partial charge in [0.05, 0.1) is 12.0 Å². The third-order valence-electron chi connectivity index (χ3n) is 4.52. The molecule has 0 saturated heterocycles. The zero-order valence-electron chi connectivity index (χ0n) is 16.2. The lowest BCUT2D eigenvalue weighted by molar-refractivity contribution is 0.486. The fourth-order valence-electron chi connectivity index (χ4n) is 2.65. The van der Waals surface area contributed by atoms with Crippen LogP contribution in [-0.4, -0.2) is 24.8 Å². The summed E-state index contributed by atoms with van der Waals surface area (Å²) in [4.78, 5) is 6.49. The number of aliphatic imine (C=N–C) groups is 1. The number of hydrogen-bond acceptors (Lipinski definition) is 1. The molecule has 2 nitrogen and oxygen atoms in total. The maximum Gasteiger partial charge on any atom is 0.115 e. The van der Waals surface area contributed by atoms with Gasteiger partial charge in [0, 0.05) is 13.6 Å². The summed E-state index contributed by atoms with van der Waals surface area (Å²) in [5.74, 6) is 0. The molecule has 3 heteroatoms. The Hall–Kier alpha value is -2.16. The molecule has 0 unspecified atom stereocenters. The first-order valence-electron chi connectivity index (χ1n) is 8.81. The Morgan fingerprint density at radius 2 is 1.76 bits per heavy atom. The van der Waals surface area contributed by atoms with Crippen LogP contribution in [0.15, 0.2) is 41.4 Å². The monoisotopic (exact) mass is 340 g/mol. The van der Waals surface area contributed by atoms with Crippen molar-refractivity contribution in [2.45, 2.75) is 46.7 Å². The molecule has 0 fully saturated rings. The van der Waals surface area contributed by atoms with Crippen molar-refractivity contribution in [2.75, 3.05) is 13.6 Å². The van der Waals surface area contributed by atoms with Crippen molar-refractivity contribution in [3.63, 3.8) is 0 Å². The predicted octanol–water partition coefficient (Wildman–Crippen LogP) is 6.04. The molecule has 2 aromatic carbocycles. The molecule has 0 N–H and O–H groups in total. The molecule has 0 aliphatic heterocycles. The molecular weight excluding hydrogens is 311 g/mol. The molecule has 134 valence electrons. The minimum absolute atomic E-state index is 0.112. The largest absolute Gasteiger partial charge is 0.366 e. The molecule has 2 rings (SSSR count). The molecule has 2 aromatic rings. The van der Waals surface area contributed by atoms with Crippen LogP contribution in [0.25, 0.3) is 11.1 Å². The van der Waals surface area contributed by atoms with Crippen LogP contribution in [0.4, 0.5) is 10.1 Å². The third-order valence-corrected chi connectivity index (χ3v) is 4.52. The van der Waals surface area contributed by atoms with Gasteiger partial charge in [0.25, 0.3) is 0 Å². The van der Waals surface area contributed by atoms with E-state index in [-0.39, 0.29) is 5.41 Å². The van der Waals surface area contributed by atoms with Gasteiger partial charge in [0.2, 0.25) is 0 Å². The Balaban J connectivity index is 2.42. The van der Waals surface area contributed by atoms with Crippen LogP contribution in [0, 0.1) is 6.92 Å².